The summed E-state index contributed by atoms with van der Waals surface area (Å²) in [5, 5.41) is 0.212. The van der Waals surface area contributed by atoms with E-state index in [4.69, 9.17) is 8.85 Å². The number of Topliss-reactive ketones (excluding diaryl/α,β-unsaturated/α-hetero) is 1. The Morgan fingerprint density at radius 3 is 1.73 bits per heavy atom. The molecule has 1 rings (SSSR count). The lowest BCUT2D eigenvalue weighted by molar-refractivity contribution is 0.0772. The summed E-state index contributed by atoms with van der Waals surface area (Å²) in [5.74, 6) is -0.279. The van der Waals surface area contributed by atoms with Crippen LogP contribution >= 0.6 is 0 Å². The smallest absolute Gasteiger partial charge is 0.192 e. The highest BCUT2D eigenvalue weighted by Gasteiger charge is 2.41. The predicted octanol–water partition coefficient (Wildman–Crippen LogP) is 7.33. The molecule has 0 amide bonds. The minimum atomic E-state index is -1.98. The maximum Gasteiger partial charge on any atom is 0.192 e. The van der Waals surface area contributed by atoms with Gasteiger partial charge in [0.05, 0.1) is 5.92 Å². The minimum Gasteiger partial charge on any atom is -0.416 e. The molecule has 0 spiro atoms. The second-order valence-corrected chi connectivity index (χ2v) is 21.0. The summed E-state index contributed by atoms with van der Waals surface area (Å²) >= 11 is 0. The van der Waals surface area contributed by atoms with Crippen molar-refractivity contribution in [1.82, 2.24) is 0 Å². The van der Waals surface area contributed by atoms with E-state index >= 15 is 0 Å². The number of ketones is 1. The van der Waals surface area contributed by atoms with Crippen LogP contribution in [0.3, 0.4) is 0 Å². The first-order chi connectivity index (χ1) is 13.5. The molecule has 1 aromatic carbocycles. The van der Waals surface area contributed by atoms with E-state index in [1.54, 1.807) is 0 Å². The van der Waals surface area contributed by atoms with E-state index in [1.165, 1.54) is 0 Å². The monoisotopic (exact) mass is 448 g/mol. The van der Waals surface area contributed by atoms with Crippen molar-refractivity contribution in [2.45, 2.75) is 77.8 Å². The number of benzene rings is 1. The van der Waals surface area contributed by atoms with E-state index in [-0.39, 0.29) is 27.7 Å². The molecule has 0 bridgehead atoms. The summed E-state index contributed by atoms with van der Waals surface area (Å²) in [5.41, 5.74) is 0.723. The summed E-state index contributed by atoms with van der Waals surface area (Å²) in [4.78, 5) is 13.5. The van der Waals surface area contributed by atoms with Crippen LogP contribution in [-0.2, 0) is 8.85 Å². The molecule has 5 heteroatoms. The number of carbonyl (C=O) groups is 1. The number of rotatable bonds is 10. The summed E-state index contributed by atoms with van der Waals surface area (Å²) in [7, 11) is -3.91. The van der Waals surface area contributed by atoms with Crippen molar-refractivity contribution in [3.63, 3.8) is 0 Å². The van der Waals surface area contributed by atoms with Gasteiger partial charge in [0, 0.05) is 24.7 Å². The van der Waals surface area contributed by atoms with Crippen molar-refractivity contribution in [2.24, 2.45) is 11.8 Å². The van der Waals surface area contributed by atoms with Crippen molar-refractivity contribution in [3.05, 3.63) is 48.6 Å². The molecule has 3 nitrogen and oxygen atoms in total. The lowest BCUT2D eigenvalue weighted by Gasteiger charge is -2.39. The molecular formula is C25H44O3Si2. The zero-order valence-electron chi connectivity index (χ0n) is 21.0. The quantitative estimate of drug-likeness (QED) is 0.213. The topological polar surface area (TPSA) is 35.5 Å². The molecule has 0 radical (unpaired) electrons. The largest absolute Gasteiger partial charge is 0.416 e. The molecular weight excluding hydrogens is 404 g/mol. The molecule has 0 aromatic heterocycles. The summed E-state index contributed by atoms with van der Waals surface area (Å²) in [6.45, 7) is 27.3. The van der Waals surface area contributed by atoms with E-state index in [9.17, 15) is 4.79 Å². The zero-order valence-corrected chi connectivity index (χ0v) is 23.0. The van der Waals surface area contributed by atoms with Crippen LogP contribution in [0.15, 0.2) is 43.0 Å². The van der Waals surface area contributed by atoms with Crippen LogP contribution in [0.1, 0.15) is 51.9 Å². The highest BCUT2D eigenvalue weighted by molar-refractivity contribution is 6.74. The summed E-state index contributed by atoms with van der Waals surface area (Å²) < 4.78 is 13.0. The maximum absolute atomic E-state index is 13.5. The fraction of sp³-hybridized carbons (Fsp3) is 0.640. The average molecular weight is 449 g/mol. The van der Waals surface area contributed by atoms with Crippen LogP contribution < -0.4 is 0 Å². The molecule has 2 atom stereocenters. The van der Waals surface area contributed by atoms with Crippen LogP contribution in [-0.4, -0.2) is 35.6 Å². The molecule has 0 aliphatic heterocycles. The molecule has 0 fully saturated rings. The van der Waals surface area contributed by atoms with Crippen LogP contribution in [0, 0.1) is 11.8 Å². The predicted molar refractivity (Wildman–Crippen MR) is 134 cm³/mol. The van der Waals surface area contributed by atoms with Gasteiger partial charge in [-0.15, -0.1) is 6.58 Å². The van der Waals surface area contributed by atoms with Gasteiger partial charge in [-0.25, -0.2) is 0 Å². The standard InChI is InChI=1S/C25H44O3Si2/c1-12-20(18-27-29(8,9)24(2,3)4)22(19-28-30(10,11)25(5,6)7)23(26)21-16-14-13-15-17-21/h12-17,20,22H,1,18-19H2,2-11H3/t20-,22+/m1/s1. The fourth-order valence-corrected chi connectivity index (χ4v) is 4.67. The van der Waals surface area contributed by atoms with E-state index < -0.39 is 16.6 Å². The molecule has 30 heavy (non-hydrogen) atoms. The van der Waals surface area contributed by atoms with Gasteiger partial charge in [-0.2, -0.15) is 0 Å². The van der Waals surface area contributed by atoms with Gasteiger partial charge in [-0.1, -0.05) is 78.0 Å². The van der Waals surface area contributed by atoms with Crippen molar-refractivity contribution >= 4 is 22.4 Å². The third-order valence-corrected chi connectivity index (χ3v) is 16.1. The van der Waals surface area contributed by atoms with Crippen LogP contribution in [0.5, 0.6) is 0 Å². The fourth-order valence-electron chi connectivity index (χ4n) is 2.59. The Labute approximate surface area is 187 Å². The highest BCUT2D eigenvalue weighted by Crippen LogP contribution is 2.39. The normalized spacial score (nSPS) is 15.5. The molecule has 0 N–H and O–H groups in total. The number of carbonyl (C=O) groups excluding carboxylic acids is 1. The van der Waals surface area contributed by atoms with E-state index in [2.05, 4.69) is 74.3 Å². The SMILES string of the molecule is C=C[C@H](CO[Si](C)(C)C(C)(C)C)[C@H](CO[Si](C)(C)C(C)(C)C)C(=O)c1ccccc1. The molecule has 170 valence electrons. The van der Waals surface area contributed by atoms with Gasteiger partial charge in [0.2, 0.25) is 0 Å². The van der Waals surface area contributed by atoms with Gasteiger partial charge in [-0.3, -0.25) is 4.79 Å². The van der Waals surface area contributed by atoms with Crippen molar-refractivity contribution in [2.75, 3.05) is 13.2 Å². The van der Waals surface area contributed by atoms with Crippen molar-refractivity contribution < 1.29 is 13.6 Å². The van der Waals surface area contributed by atoms with Gasteiger partial charge in [-0.05, 0) is 36.3 Å². The molecule has 0 aliphatic carbocycles. The van der Waals surface area contributed by atoms with E-state index in [1.807, 2.05) is 36.4 Å². The second kappa shape index (κ2) is 10.1. The highest BCUT2D eigenvalue weighted by atomic mass is 28.4. The second-order valence-electron chi connectivity index (χ2n) is 11.4. The Bertz CT molecular complexity index is 697. The Morgan fingerprint density at radius 1 is 0.900 bits per heavy atom. The average Bonchev–Trinajstić information content (AvgIpc) is 2.62. The van der Waals surface area contributed by atoms with E-state index in [0.717, 1.165) is 5.56 Å². The zero-order chi connectivity index (χ0) is 23.4. The third kappa shape index (κ3) is 7.01. The molecule has 0 saturated heterocycles. The first-order valence-electron chi connectivity index (χ1n) is 11.0. The van der Waals surface area contributed by atoms with Crippen LogP contribution in [0.25, 0.3) is 0 Å². The third-order valence-electron chi connectivity index (χ3n) is 7.09. The maximum atomic E-state index is 13.5. The molecule has 0 unspecified atom stereocenters. The summed E-state index contributed by atoms with van der Waals surface area (Å²) in [6, 6.07) is 9.53. The van der Waals surface area contributed by atoms with Crippen molar-refractivity contribution in [1.29, 1.82) is 0 Å². The van der Waals surface area contributed by atoms with Gasteiger partial charge in [0.15, 0.2) is 22.4 Å². The number of hydrogen-bond donors (Lipinski definition) is 0. The Hall–Kier alpha value is -1.02. The Morgan fingerprint density at radius 2 is 1.33 bits per heavy atom. The van der Waals surface area contributed by atoms with E-state index in [0.29, 0.717) is 13.2 Å². The summed E-state index contributed by atoms with van der Waals surface area (Å²) in [6.07, 6.45) is 1.88. The Kier molecular flexibility index (Phi) is 9.07. The molecule has 0 heterocycles. The molecule has 0 aliphatic rings. The number of hydrogen-bond acceptors (Lipinski definition) is 3. The Balaban J connectivity index is 3.14. The van der Waals surface area contributed by atoms with Crippen LogP contribution in [0.2, 0.25) is 36.3 Å². The lowest BCUT2D eigenvalue weighted by Crippen LogP contribution is -2.45. The van der Waals surface area contributed by atoms with Gasteiger partial charge >= 0.3 is 0 Å². The van der Waals surface area contributed by atoms with Gasteiger partial charge in [0.1, 0.15) is 0 Å². The lowest BCUT2D eigenvalue weighted by atomic mass is 9.87. The first-order valence-corrected chi connectivity index (χ1v) is 16.8. The van der Waals surface area contributed by atoms with Gasteiger partial charge in [0.25, 0.3) is 0 Å². The van der Waals surface area contributed by atoms with Crippen molar-refractivity contribution in [3.8, 4) is 0 Å². The molecule has 1 aromatic rings. The minimum absolute atomic E-state index is 0.0865. The molecule has 0 saturated carbocycles. The van der Waals surface area contributed by atoms with Crippen LogP contribution in [0.4, 0.5) is 0 Å². The van der Waals surface area contributed by atoms with Gasteiger partial charge < -0.3 is 8.85 Å². The first kappa shape index (κ1) is 27.0.